The van der Waals surface area contributed by atoms with Gasteiger partial charge in [-0.2, -0.15) is 0 Å². The van der Waals surface area contributed by atoms with Gasteiger partial charge in [0.15, 0.2) is 12.2 Å². The number of hydrogen-bond donors (Lipinski definition) is 3. The second-order valence-corrected chi connectivity index (χ2v) is 34.3. The molecule has 0 aromatic heterocycles. The van der Waals surface area contributed by atoms with Crippen LogP contribution in [0.4, 0.5) is 0 Å². The van der Waals surface area contributed by atoms with E-state index in [9.17, 15) is 43.2 Å². The Morgan fingerprint density at radius 1 is 0.282 bits per heavy atom. The van der Waals surface area contributed by atoms with Gasteiger partial charge in [0.1, 0.15) is 19.3 Å². The molecule has 0 fully saturated rings. The number of phosphoric acid groups is 2. The van der Waals surface area contributed by atoms with E-state index in [-0.39, 0.29) is 25.7 Å². The molecule has 0 heterocycles. The Morgan fingerprint density at radius 3 is 0.738 bits per heavy atom. The van der Waals surface area contributed by atoms with Gasteiger partial charge in [0.2, 0.25) is 0 Å². The largest absolute Gasteiger partial charge is 0.472 e. The number of unbranched alkanes of at least 4 members (excludes halogenated alkanes) is 49. The van der Waals surface area contributed by atoms with E-state index in [1.54, 1.807) is 0 Å². The highest BCUT2D eigenvalue weighted by atomic mass is 31.2. The molecule has 0 amide bonds. The molecule has 0 aromatic rings. The molecular formula is C84H164O17P2. The van der Waals surface area contributed by atoms with Crippen molar-refractivity contribution in [3.8, 4) is 0 Å². The van der Waals surface area contributed by atoms with Crippen LogP contribution in [0.1, 0.15) is 440 Å². The van der Waals surface area contributed by atoms with Crippen LogP contribution in [0.5, 0.6) is 0 Å². The highest BCUT2D eigenvalue weighted by Gasteiger charge is 2.30. The molecule has 612 valence electrons. The molecule has 0 rings (SSSR count). The zero-order valence-electron chi connectivity index (χ0n) is 67.8. The zero-order valence-corrected chi connectivity index (χ0v) is 69.6. The van der Waals surface area contributed by atoms with Gasteiger partial charge in [-0.15, -0.1) is 0 Å². The molecule has 0 saturated carbocycles. The number of ether oxygens (including phenoxy) is 4. The molecule has 0 saturated heterocycles. The van der Waals surface area contributed by atoms with E-state index in [1.165, 1.54) is 244 Å². The molecule has 17 nitrogen and oxygen atoms in total. The SMILES string of the molecule is CCCCCCCCCCC(=O)OC[C@H](COP(=O)(O)OC[C@H](O)COP(=O)(O)OC[C@@H](COC(=O)CCCCCCCCCCCCCCCCC(C)C)OC(=O)CCCCCCCCCCCCCCCCCCCCC(C)CC)OC(=O)CCCCCCCCCCCCCCCC(C)C. The lowest BCUT2D eigenvalue weighted by molar-refractivity contribution is -0.161. The van der Waals surface area contributed by atoms with Crippen LogP contribution < -0.4 is 0 Å². The average Bonchev–Trinajstić information content (AvgIpc) is 0.941. The summed E-state index contributed by atoms with van der Waals surface area (Å²) in [6, 6.07) is 0. The molecule has 6 atom stereocenters. The fourth-order valence-corrected chi connectivity index (χ4v) is 14.6. The Labute approximate surface area is 632 Å². The Hall–Kier alpha value is -1.94. The summed E-state index contributed by atoms with van der Waals surface area (Å²) in [5, 5.41) is 10.6. The molecule has 3 unspecified atom stereocenters. The predicted molar refractivity (Wildman–Crippen MR) is 423 cm³/mol. The van der Waals surface area contributed by atoms with Crippen molar-refractivity contribution in [2.75, 3.05) is 39.6 Å². The molecule has 0 aliphatic carbocycles. The minimum atomic E-state index is -4.96. The first-order chi connectivity index (χ1) is 49.8. The fraction of sp³-hybridized carbons (Fsp3) is 0.952. The molecule has 0 aliphatic rings. The van der Waals surface area contributed by atoms with Crippen LogP contribution in [0.3, 0.4) is 0 Å². The summed E-state index contributed by atoms with van der Waals surface area (Å²) in [4.78, 5) is 73.0. The maximum absolute atomic E-state index is 13.1. The van der Waals surface area contributed by atoms with E-state index >= 15 is 0 Å². The van der Waals surface area contributed by atoms with Gasteiger partial charge in [-0.25, -0.2) is 9.13 Å². The first-order valence-corrected chi connectivity index (χ1v) is 46.4. The van der Waals surface area contributed by atoms with Gasteiger partial charge in [0.05, 0.1) is 26.4 Å². The third-order valence-electron chi connectivity index (χ3n) is 20.0. The molecule has 0 radical (unpaired) electrons. The van der Waals surface area contributed by atoms with E-state index in [0.717, 1.165) is 114 Å². The van der Waals surface area contributed by atoms with Gasteiger partial charge in [0.25, 0.3) is 0 Å². The number of carbonyl (C=O) groups is 4. The molecule has 0 spiro atoms. The van der Waals surface area contributed by atoms with Crippen molar-refractivity contribution in [1.82, 2.24) is 0 Å². The lowest BCUT2D eigenvalue weighted by atomic mass is 9.99. The van der Waals surface area contributed by atoms with Gasteiger partial charge in [-0.3, -0.25) is 37.3 Å². The highest BCUT2D eigenvalue weighted by molar-refractivity contribution is 7.47. The van der Waals surface area contributed by atoms with Crippen LogP contribution in [0.15, 0.2) is 0 Å². The maximum Gasteiger partial charge on any atom is 0.472 e. The molecule has 103 heavy (non-hydrogen) atoms. The Balaban J connectivity index is 5.19. The van der Waals surface area contributed by atoms with Gasteiger partial charge >= 0.3 is 39.5 Å². The summed E-state index contributed by atoms with van der Waals surface area (Å²) < 4.78 is 68.7. The quantitative estimate of drug-likeness (QED) is 0.0222. The average molecular weight is 1510 g/mol. The van der Waals surface area contributed by atoms with Gasteiger partial charge < -0.3 is 33.8 Å². The smallest absolute Gasteiger partial charge is 0.462 e. The second-order valence-electron chi connectivity index (χ2n) is 31.4. The molecule has 3 N–H and O–H groups in total. The third-order valence-corrected chi connectivity index (χ3v) is 21.9. The maximum atomic E-state index is 13.1. The van der Waals surface area contributed by atoms with Crippen LogP contribution in [-0.2, 0) is 65.4 Å². The lowest BCUT2D eigenvalue weighted by Crippen LogP contribution is -2.30. The minimum Gasteiger partial charge on any atom is -0.462 e. The molecule has 0 bridgehead atoms. The van der Waals surface area contributed by atoms with Crippen LogP contribution in [-0.4, -0.2) is 96.7 Å². The predicted octanol–water partition coefficient (Wildman–Crippen LogP) is 25.3. The summed E-state index contributed by atoms with van der Waals surface area (Å²) in [5.41, 5.74) is 0. The minimum absolute atomic E-state index is 0.107. The molecular weight excluding hydrogens is 1340 g/mol. The number of phosphoric ester groups is 2. The van der Waals surface area contributed by atoms with Crippen molar-refractivity contribution in [1.29, 1.82) is 0 Å². The standard InChI is InChI=1S/C84H164O17P2/c1-8-10-11-12-13-44-51-58-65-81(86)94-71-79(100-83(88)68-61-54-47-40-34-28-22-24-30-36-42-49-56-63-76(5)6)73-98-102(90,91)96-69-78(85)70-97-103(92,93)99-74-80(72-95-82(87)66-59-52-45-38-32-26-21-20-23-29-35-41-48-55-62-75(3)4)101-84(89)67-60-53-46-39-33-27-19-17-15-14-16-18-25-31-37-43-50-57-64-77(7)9-2/h75-80,85H,8-74H2,1-7H3,(H,90,91)(H,92,93)/t77?,78-,79+,80+/m0/s1. The number of hydrogen-bond acceptors (Lipinski definition) is 15. The van der Waals surface area contributed by atoms with Crippen LogP contribution in [0.25, 0.3) is 0 Å². The highest BCUT2D eigenvalue weighted by Crippen LogP contribution is 2.45. The Bertz CT molecular complexity index is 1990. The normalized spacial score (nSPS) is 14.2. The van der Waals surface area contributed by atoms with Crippen molar-refractivity contribution in [2.24, 2.45) is 17.8 Å². The number of carbonyl (C=O) groups excluding carboxylic acids is 4. The first-order valence-electron chi connectivity index (χ1n) is 43.4. The van der Waals surface area contributed by atoms with E-state index in [0.29, 0.717) is 25.7 Å². The van der Waals surface area contributed by atoms with Crippen molar-refractivity contribution in [3.05, 3.63) is 0 Å². The summed E-state index contributed by atoms with van der Waals surface area (Å²) in [5.74, 6) is 0.348. The molecule has 0 aliphatic heterocycles. The second kappa shape index (κ2) is 74.2. The summed E-state index contributed by atoms with van der Waals surface area (Å²) in [6.07, 6.45) is 63.9. The van der Waals surface area contributed by atoms with E-state index in [4.69, 9.17) is 37.0 Å². The van der Waals surface area contributed by atoms with E-state index in [2.05, 4.69) is 48.5 Å². The number of esters is 4. The van der Waals surface area contributed by atoms with Gasteiger partial charge in [-0.1, -0.05) is 389 Å². The van der Waals surface area contributed by atoms with Crippen LogP contribution >= 0.6 is 15.6 Å². The van der Waals surface area contributed by atoms with E-state index in [1.807, 2.05) is 0 Å². The van der Waals surface area contributed by atoms with Crippen molar-refractivity contribution in [3.63, 3.8) is 0 Å². The van der Waals surface area contributed by atoms with Crippen molar-refractivity contribution >= 4 is 39.5 Å². The topological polar surface area (TPSA) is 237 Å². The fourth-order valence-electron chi connectivity index (χ4n) is 13.0. The van der Waals surface area contributed by atoms with Gasteiger partial charge in [-0.05, 0) is 43.4 Å². The summed E-state index contributed by atoms with van der Waals surface area (Å²) >= 11 is 0. The van der Waals surface area contributed by atoms with E-state index < -0.39 is 97.5 Å². The van der Waals surface area contributed by atoms with Crippen molar-refractivity contribution < 1.29 is 80.2 Å². The summed E-state index contributed by atoms with van der Waals surface area (Å²) in [6.45, 7) is 12.0. The van der Waals surface area contributed by atoms with Crippen molar-refractivity contribution in [2.45, 2.75) is 458 Å². The molecule has 19 heteroatoms. The zero-order chi connectivity index (χ0) is 75.8. The number of aliphatic hydroxyl groups is 1. The van der Waals surface area contributed by atoms with Crippen LogP contribution in [0, 0.1) is 17.8 Å². The summed E-state index contributed by atoms with van der Waals surface area (Å²) in [7, 11) is -9.92. The Morgan fingerprint density at radius 2 is 0.495 bits per heavy atom. The number of aliphatic hydroxyl groups excluding tert-OH is 1. The lowest BCUT2D eigenvalue weighted by Gasteiger charge is -2.21. The van der Waals surface area contributed by atoms with Gasteiger partial charge in [0, 0.05) is 25.7 Å². The molecule has 0 aromatic carbocycles. The first kappa shape index (κ1) is 101. The monoisotopic (exact) mass is 1510 g/mol. The van der Waals surface area contributed by atoms with Crippen LogP contribution in [0.2, 0.25) is 0 Å². The Kier molecular flexibility index (Phi) is 72.8. The third kappa shape index (κ3) is 76.6. The number of rotatable bonds is 82.